The summed E-state index contributed by atoms with van der Waals surface area (Å²) < 4.78 is 0. The molecule has 1 saturated heterocycles. The Hall–Kier alpha value is -2.86. The van der Waals surface area contributed by atoms with E-state index >= 15 is 0 Å². The number of H-pyrrole nitrogens is 1. The van der Waals surface area contributed by atoms with Gasteiger partial charge in [0.2, 0.25) is 0 Å². The predicted octanol–water partition coefficient (Wildman–Crippen LogP) is 4.75. The summed E-state index contributed by atoms with van der Waals surface area (Å²) in [5.74, 6) is 0.227. The molecule has 7 heteroatoms. The topological polar surface area (TPSA) is 79.2 Å². The molecule has 27 heavy (non-hydrogen) atoms. The van der Waals surface area contributed by atoms with Crippen LogP contribution in [0.5, 0.6) is 0 Å². The maximum atomic E-state index is 12.8. The van der Waals surface area contributed by atoms with E-state index < -0.39 is 4.92 Å². The second kappa shape index (κ2) is 7.04. The van der Waals surface area contributed by atoms with E-state index in [9.17, 15) is 14.9 Å². The number of para-hydroxylation sites is 1. The van der Waals surface area contributed by atoms with Crippen LogP contribution in [0.15, 0.2) is 48.7 Å². The summed E-state index contributed by atoms with van der Waals surface area (Å²) in [5.41, 5.74) is 2.62. The number of hydrogen-bond donors (Lipinski definition) is 1. The van der Waals surface area contributed by atoms with Crippen molar-refractivity contribution in [3.05, 3.63) is 74.9 Å². The van der Waals surface area contributed by atoms with E-state index in [2.05, 4.69) is 23.3 Å². The Morgan fingerprint density at radius 2 is 1.93 bits per heavy atom. The number of aromatic amines is 1. The molecule has 0 aliphatic carbocycles. The zero-order chi connectivity index (χ0) is 19.0. The van der Waals surface area contributed by atoms with Crippen molar-refractivity contribution >= 4 is 34.1 Å². The van der Waals surface area contributed by atoms with Gasteiger partial charge in [0.15, 0.2) is 0 Å². The lowest BCUT2D eigenvalue weighted by atomic mass is 9.89. The molecule has 0 spiro atoms. The molecular weight excluding hydrogens is 366 g/mol. The van der Waals surface area contributed by atoms with Crippen molar-refractivity contribution in [3.63, 3.8) is 0 Å². The highest BCUT2D eigenvalue weighted by atomic mass is 35.5. The molecule has 1 aromatic heterocycles. The Morgan fingerprint density at radius 1 is 1.19 bits per heavy atom. The van der Waals surface area contributed by atoms with Crippen LogP contribution in [0.2, 0.25) is 5.02 Å². The molecule has 1 amide bonds. The summed E-state index contributed by atoms with van der Waals surface area (Å²) in [7, 11) is 0. The summed E-state index contributed by atoms with van der Waals surface area (Å²) >= 11 is 6.11. The third-order valence-electron chi connectivity index (χ3n) is 5.24. The summed E-state index contributed by atoms with van der Waals surface area (Å²) in [6, 6.07) is 12.2. The maximum Gasteiger partial charge on any atom is 0.270 e. The van der Waals surface area contributed by atoms with Gasteiger partial charge in [0, 0.05) is 42.3 Å². The Bertz CT molecular complexity index is 1020. The van der Waals surface area contributed by atoms with E-state index in [1.807, 2.05) is 12.1 Å². The van der Waals surface area contributed by atoms with E-state index in [1.165, 1.54) is 29.1 Å². The summed E-state index contributed by atoms with van der Waals surface area (Å²) in [5, 5.41) is 12.2. The summed E-state index contributed by atoms with van der Waals surface area (Å²) in [6.45, 7) is 1.27. The normalized spacial score (nSPS) is 15.2. The Kier molecular flexibility index (Phi) is 4.58. The van der Waals surface area contributed by atoms with Crippen LogP contribution in [0.1, 0.15) is 34.7 Å². The van der Waals surface area contributed by atoms with Crippen molar-refractivity contribution in [2.45, 2.75) is 18.8 Å². The Balaban J connectivity index is 1.47. The van der Waals surface area contributed by atoms with Crippen molar-refractivity contribution in [2.75, 3.05) is 13.1 Å². The fraction of sp³-hybridized carbons (Fsp3) is 0.250. The highest BCUT2D eigenvalue weighted by Crippen LogP contribution is 2.34. The average Bonchev–Trinajstić information content (AvgIpc) is 3.11. The van der Waals surface area contributed by atoms with Crippen molar-refractivity contribution < 1.29 is 9.72 Å². The lowest BCUT2D eigenvalue weighted by molar-refractivity contribution is -0.384. The first-order valence-electron chi connectivity index (χ1n) is 8.84. The number of aromatic nitrogens is 1. The zero-order valence-corrected chi connectivity index (χ0v) is 15.3. The number of benzene rings is 2. The quantitative estimate of drug-likeness (QED) is 0.523. The molecule has 3 aromatic rings. The Labute approximate surface area is 160 Å². The van der Waals surface area contributed by atoms with E-state index in [0.717, 1.165) is 18.4 Å². The van der Waals surface area contributed by atoms with Gasteiger partial charge in [0.05, 0.1) is 15.5 Å². The van der Waals surface area contributed by atoms with E-state index in [-0.39, 0.29) is 16.6 Å². The molecule has 138 valence electrons. The number of nitrogens with zero attached hydrogens (tertiary/aromatic N) is 2. The minimum Gasteiger partial charge on any atom is -0.361 e. The van der Waals surface area contributed by atoms with E-state index in [0.29, 0.717) is 24.6 Å². The number of fused-ring (bicyclic) bond motifs is 1. The number of likely N-dealkylation sites (tertiary alicyclic amines) is 1. The number of nitro benzene ring substituents is 1. The van der Waals surface area contributed by atoms with Crippen molar-refractivity contribution in [1.29, 1.82) is 0 Å². The summed E-state index contributed by atoms with van der Waals surface area (Å²) in [6.07, 6.45) is 3.82. The number of non-ortho nitro benzene ring substituents is 1. The van der Waals surface area contributed by atoms with Gasteiger partial charge in [-0.3, -0.25) is 14.9 Å². The Morgan fingerprint density at radius 3 is 2.63 bits per heavy atom. The minimum absolute atomic E-state index is 0.116. The fourth-order valence-corrected chi connectivity index (χ4v) is 4.04. The molecule has 1 N–H and O–H groups in total. The number of nitro groups is 1. The second-order valence-corrected chi connectivity index (χ2v) is 7.18. The highest BCUT2D eigenvalue weighted by Gasteiger charge is 2.27. The molecule has 2 heterocycles. The molecule has 0 bridgehead atoms. The monoisotopic (exact) mass is 383 g/mol. The predicted molar refractivity (Wildman–Crippen MR) is 104 cm³/mol. The first-order chi connectivity index (χ1) is 13.0. The minimum atomic E-state index is -0.521. The standard InChI is InChI=1S/C20H18ClN3O3/c21-18-11-14(24(26)27)5-6-16(18)20(25)23-9-7-13(8-10-23)17-12-22-19-4-2-1-3-15(17)19/h1-6,11-13,22H,7-10H2. The molecule has 0 atom stereocenters. The SMILES string of the molecule is O=C(c1ccc([N+](=O)[O-])cc1Cl)N1CCC(c2c[nH]c3ccccc23)CC1. The number of rotatable bonds is 3. The van der Waals surface area contributed by atoms with Crippen molar-refractivity contribution in [3.8, 4) is 0 Å². The smallest absolute Gasteiger partial charge is 0.270 e. The van der Waals surface area contributed by atoms with Crippen LogP contribution in [-0.4, -0.2) is 33.8 Å². The number of nitrogens with one attached hydrogen (secondary N) is 1. The van der Waals surface area contributed by atoms with Gasteiger partial charge in [0.1, 0.15) is 0 Å². The third kappa shape index (κ3) is 3.28. The van der Waals surface area contributed by atoms with E-state index in [4.69, 9.17) is 11.6 Å². The fourth-order valence-electron chi connectivity index (χ4n) is 3.79. The molecule has 1 fully saturated rings. The molecule has 1 aliphatic rings. The molecule has 0 saturated carbocycles. The van der Waals surface area contributed by atoms with Crippen LogP contribution < -0.4 is 0 Å². The van der Waals surface area contributed by atoms with Gasteiger partial charge in [0.25, 0.3) is 11.6 Å². The number of halogens is 1. The lowest BCUT2D eigenvalue weighted by Gasteiger charge is -2.32. The molecule has 0 unspecified atom stereocenters. The summed E-state index contributed by atoms with van der Waals surface area (Å²) in [4.78, 5) is 28.2. The van der Waals surface area contributed by atoms with Crippen LogP contribution in [0.4, 0.5) is 5.69 Å². The number of amides is 1. The number of carbonyl (C=O) groups is 1. The second-order valence-electron chi connectivity index (χ2n) is 6.78. The van der Waals surface area contributed by atoms with E-state index in [1.54, 1.807) is 4.90 Å². The molecule has 4 rings (SSSR count). The molecule has 2 aromatic carbocycles. The highest BCUT2D eigenvalue weighted by molar-refractivity contribution is 6.34. The number of hydrogen-bond acceptors (Lipinski definition) is 3. The van der Waals surface area contributed by atoms with Gasteiger partial charge in [-0.1, -0.05) is 29.8 Å². The number of carbonyl (C=O) groups excluding carboxylic acids is 1. The van der Waals surface area contributed by atoms with Gasteiger partial charge in [-0.2, -0.15) is 0 Å². The van der Waals surface area contributed by atoms with Crippen LogP contribution >= 0.6 is 11.6 Å². The van der Waals surface area contributed by atoms with Gasteiger partial charge in [-0.15, -0.1) is 0 Å². The van der Waals surface area contributed by atoms with Crippen LogP contribution in [0.3, 0.4) is 0 Å². The van der Waals surface area contributed by atoms with Crippen molar-refractivity contribution in [1.82, 2.24) is 9.88 Å². The van der Waals surface area contributed by atoms with Crippen molar-refractivity contribution in [2.24, 2.45) is 0 Å². The largest absolute Gasteiger partial charge is 0.361 e. The van der Waals surface area contributed by atoms with Gasteiger partial charge >= 0.3 is 0 Å². The average molecular weight is 384 g/mol. The molecular formula is C20H18ClN3O3. The van der Waals surface area contributed by atoms with Gasteiger partial charge in [-0.25, -0.2) is 0 Å². The van der Waals surface area contributed by atoms with Gasteiger partial charge < -0.3 is 9.88 Å². The van der Waals surface area contributed by atoms with Gasteiger partial charge in [-0.05, 0) is 36.5 Å². The maximum absolute atomic E-state index is 12.8. The van der Waals surface area contributed by atoms with Crippen LogP contribution in [-0.2, 0) is 0 Å². The first kappa shape index (κ1) is 17.5. The first-order valence-corrected chi connectivity index (χ1v) is 9.21. The molecule has 1 aliphatic heterocycles. The zero-order valence-electron chi connectivity index (χ0n) is 14.5. The molecule has 6 nitrogen and oxygen atoms in total. The molecule has 0 radical (unpaired) electrons. The van der Waals surface area contributed by atoms with Crippen LogP contribution in [0, 0.1) is 10.1 Å². The van der Waals surface area contributed by atoms with Crippen LogP contribution in [0.25, 0.3) is 10.9 Å². The number of piperidine rings is 1. The lowest BCUT2D eigenvalue weighted by Crippen LogP contribution is -2.38. The third-order valence-corrected chi connectivity index (χ3v) is 5.55.